The summed E-state index contributed by atoms with van der Waals surface area (Å²) in [5, 5.41) is 13.2. The van der Waals surface area contributed by atoms with Gasteiger partial charge in [0.15, 0.2) is 10.1 Å². The molecule has 0 saturated carbocycles. The van der Waals surface area contributed by atoms with Crippen LogP contribution in [0.5, 0.6) is 0 Å². The number of carbonyl (C=O) groups is 2. The van der Waals surface area contributed by atoms with E-state index in [2.05, 4.69) is 22.3 Å². The van der Waals surface area contributed by atoms with Crippen LogP contribution >= 0.6 is 34.4 Å². The van der Waals surface area contributed by atoms with Crippen LogP contribution in [-0.4, -0.2) is 21.9 Å². The molecule has 0 radical (unpaired) electrons. The van der Waals surface area contributed by atoms with Gasteiger partial charge in [-0.1, -0.05) is 53.4 Å². The van der Waals surface area contributed by atoms with Gasteiger partial charge in [-0.2, -0.15) is 11.3 Å². The standard InChI is InChI=1S/C22H19N3O2S3/c26-18-8-4-7-17-20(18)16(15-9-10-28-13-15)11-19(27)25(17)21-23-24-22(30-21)29-12-14-5-2-1-3-6-14/h1-3,5-6,9-10,13,16H,4,7-8,11-12H2/t16-/m0/s1. The Balaban J connectivity index is 1.45. The van der Waals surface area contributed by atoms with Gasteiger partial charge in [0.2, 0.25) is 11.0 Å². The van der Waals surface area contributed by atoms with E-state index in [1.165, 1.54) is 16.9 Å². The van der Waals surface area contributed by atoms with Gasteiger partial charge < -0.3 is 0 Å². The second-order valence-electron chi connectivity index (χ2n) is 7.30. The van der Waals surface area contributed by atoms with E-state index in [4.69, 9.17) is 0 Å². The van der Waals surface area contributed by atoms with Crippen molar-refractivity contribution in [2.75, 3.05) is 4.90 Å². The molecule has 0 spiro atoms. The number of nitrogens with zero attached hydrogens (tertiary/aromatic N) is 3. The van der Waals surface area contributed by atoms with Crippen LogP contribution in [0.15, 0.2) is 62.8 Å². The van der Waals surface area contributed by atoms with Crippen LogP contribution in [0.1, 0.15) is 42.7 Å². The van der Waals surface area contributed by atoms with Crippen molar-refractivity contribution in [2.45, 2.75) is 41.7 Å². The molecule has 8 heteroatoms. The lowest BCUT2D eigenvalue weighted by Crippen LogP contribution is -2.40. The smallest absolute Gasteiger partial charge is 0.234 e. The van der Waals surface area contributed by atoms with Gasteiger partial charge in [-0.25, -0.2) is 0 Å². The highest BCUT2D eigenvalue weighted by molar-refractivity contribution is 8.00. The summed E-state index contributed by atoms with van der Waals surface area (Å²) in [5.74, 6) is 0.821. The summed E-state index contributed by atoms with van der Waals surface area (Å²) in [6.07, 6.45) is 2.34. The molecule has 1 aliphatic carbocycles. The van der Waals surface area contributed by atoms with E-state index in [9.17, 15) is 9.59 Å². The fourth-order valence-electron chi connectivity index (χ4n) is 4.04. The zero-order valence-corrected chi connectivity index (χ0v) is 18.6. The molecule has 1 amide bonds. The topological polar surface area (TPSA) is 63.2 Å². The number of carbonyl (C=O) groups excluding carboxylic acids is 2. The number of thiophene rings is 1. The van der Waals surface area contributed by atoms with Crippen molar-refractivity contribution in [3.63, 3.8) is 0 Å². The number of hydrogen-bond donors (Lipinski definition) is 0. The molecule has 1 aliphatic heterocycles. The molecule has 3 aromatic rings. The van der Waals surface area contributed by atoms with Crippen molar-refractivity contribution in [1.82, 2.24) is 10.2 Å². The van der Waals surface area contributed by atoms with Gasteiger partial charge in [0.1, 0.15) is 0 Å². The van der Waals surface area contributed by atoms with Gasteiger partial charge in [0, 0.05) is 35.8 Å². The van der Waals surface area contributed by atoms with Crippen LogP contribution in [0.2, 0.25) is 0 Å². The van der Waals surface area contributed by atoms with E-state index in [-0.39, 0.29) is 17.6 Å². The molecule has 0 unspecified atom stereocenters. The van der Waals surface area contributed by atoms with E-state index in [0.29, 0.717) is 18.0 Å². The maximum Gasteiger partial charge on any atom is 0.234 e. The first kappa shape index (κ1) is 19.7. The number of amides is 1. The Morgan fingerprint density at radius 3 is 2.77 bits per heavy atom. The zero-order valence-electron chi connectivity index (χ0n) is 16.1. The Labute approximate surface area is 186 Å². The zero-order chi connectivity index (χ0) is 20.5. The molecule has 1 atom stereocenters. The minimum atomic E-state index is -0.136. The van der Waals surface area contributed by atoms with Crippen LogP contribution < -0.4 is 4.90 Å². The molecule has 0 bridgehead atoms. The number of Topliss-reactive ketones (excluding diaryl/α,β-unsaturated/α-hetero) is 1. The molecule has 2 aromatic heterocycles. The van der Waals surface area contributed by atoms with Crippen molar-refractivity contribution in [1.29, 1.82) is 0 Å². The predicted octanol–water partition coefficient (Wildman–Crippen LogP) is 5.42. The fraction of sp³-hybridized carbons (Fsp3) is 0.273. The third-order valence-corrected chi connectivity index (χ3v) is 8.23. The molecule has 30 heavy (non-hydrogen) atoms. The Kier molecular flexibility index (Phi) is 5.54. The number of anilines is 1. The normalized spacial score (nSPS) is 19.3. The second kappa shape index (κ2) is 8.45. The van der Waals surface area contributed by atoms with Crippen LogP contribution in [0, 0.1) is 0 Å². The average molecular weight is 454 g/mol. The predicted molar refractivity (Wildman–Crippen MR) is 121 cm³/mol. The van der Waals surface area contributed by atoms with Crippen LogP contribution in [0.3, 0.4) is 0 Å². The number of allylic oxidation sites excluding steroid dienone is 2. The number of hydrogen-bond acceptors (Lipinski definition) is 7. The third-order valence-electron chi connectivity index (χ3n) is 5.41. The molecule has 1 aromatic carbocycles. The first-order chi connectivity index (χ1) is 14.7. The van der Waals surface area contributed by atoms with Crippen molar-refractivity contribution >= 4 is 51.3 Å². The van der Waals surface area contributed by atoms with Gasteiger partial charge in [-0.3, -0.25) is 14.5 Å². The second-order valence-corrected chi connectivity index (χ2v) is 10.3. The lowest BCUT2D eigenvalue weighted by molar-refractivity contribution is -0.119. The summed E-state index contributed by atoms with van der Waals surface area (Å²) in [5.41, 5.74) is 3.91. The molecule has 2 aliphatic rings. The molecule has 3 heterocycles. The minimum Gasteiger partial charge on any atom is -0.294 e. The summed E-state index contributed by atoms with van der Waals surface area (Å²) >= 11 is 4.63. The highest BCUT2D eigenvalue weighted by atomic mass is 32.2. The van der Waals surface area contributed by atoms with Crippen molar-refractivity contribution in [2.24, 2.45) is 0 Å². The summed E-state index contributed by atoms with van der Waals surface area (Å²) in [4.78, 5) is 27.7. The van der Waals surface area contributed by atoms with E-state index in [0.717, 1.165) is 39.8 Å². The van der Waals surface area contributed by atoms with Crippen molar-refractivity contribution in [3.8, 4) is 0 Å². The average Bonchev–Trinajstić information content (AvgIpc) is 3.45. The van der Waals surface area contributed by atoms with E-state index in [1.807, 2.05) is 35.0 Å². The quantitative estimate of drug-likeness (QED) is 0.381. The lowest BCUT2D eigenvalue weighted by Gasteiger charge is -2.36. The number of rotatable bonds is 5. The maximum atomic E-state index is 13.2. The highest BCUT2D eigenvalue weighted by Crippen LogP contribution is 2.44. The SMILES string of the molecule is O=C1CCCC2=C1[C@H](c1ccsc1)CC(=O)N2c1nnc(SCc2ccccc2)s1. The monoisotopic (exact) mass is 453 g/mol. The molecule has 0 saturated heterocycles. The van der Waals surface area contributed by atoms with Crippen molar-refractivity contribution < 1.29 is 9.59 Å². The highest BCUT2D eigenvalue weighted by Gasteiger charge is 2.40. The first-order valence-electron chi connectivity index (χ1n) is 9.82. The molecular formula is C22H19N3O2S3. The van der Waals surface area contributed by atoms with Crippen molar-refractivity contribution in [3.05, 3.63) is 69.6 Å². The number of thioether (sulfide) groups is 1. The Morgan fingerprint density at radius 1 is 1.10 bits per heavy atom. The first-order valence-corrected chi connectivity index (χ1v) is 12.6. The Hall–Kier alpha value is -2.29. The molecule has 5 nitrogen and oxygen atoms in total. The molecule has 0 N–H and O–H groups in total. The summed E-state index contributed by atoms with van der Waals surface area (Å²) in [7, 11) is 0. The van der Waals surface area contributed by atoms with Crippen LogP contribution in [0.4, 0.5) is 5.13 Å². The summed E-state index contributed by atoms with van der Waals surface area (Å²) < 4.78 is 0.825. The summed E-state index contributed by atoms with van der Waals surface area (Å²) in [6, 6.07) is 12.2. The fourth-order valence-corrected chi connectivity index (χ4v) is 6.60. The van der Waals surface area contributed by atoms with Crippen LogP contribution in [0.25, 0.3) is 0 Å². The van der Waals surface area contributed by atoms with E-state index >= 15 is 0 Å². The maximum absolute atomic E-state index is 13.2. The Bertz CT molecular complexity index is 1110. The molecule has 0 fully saturated rings. The van der Waals surface area contributed by atoms with Gasteiger partial charge in [0.25, 0.3) is 0 Å². The number of benzene rings is 1. The summed E-state index contributed by atoms with van der Waals surface area (Å²) in [6.45, 7) is 0. The van der Waals surface area contributed by atoms with Crippen LogP contribution in [-0.2, 0) is 15.3 Å². The lowest BCUT2D eigenvalue weighted by atomic mass is 9.78. The molecule has 5 rings (SSSR count). The van der Waals surface area contributed by atoms with Gasteiger partial charge >= 0.3 is 0 Å². The largest absolute Gasteiger partial charge is 0.294 e. The van der Waals surface area contributed by atoms with E-state index < -0.39 is 0 Å². The van der Waals surface area contributed by atoms with Gasteiger partial charge in [-0.05, 0) is 40.8 Å². The Morgan fingerprint density at radius 2 is 1.97 bits per heavy atom. The third kappa shape index (κ3) is 3.75. The molecular weight excluding hydrogens is 434 g/mol. The number of ketones is 1. The number of aromatic nitrogens is 2. The van der Waals surface area contributed by atoms with E-state index in [1.54, 1.807) is 28.0 Å². The minimum absolute atomic E-state index is 0.00425. The van der Waals surface area contributed by atoms with Gasteiger partial charge in [-0.15, -0.1) is 10.2 Å². The molecule has 152 valence electrons. The van der Waals surface area contributed by atoms with Gasteiger partial charge in [0.05, 0.1) is 0 Å².